The number of benzene rings is 8. The van der Waals surface area contributed by atoms with Crippen molar-refractivity contribution in [3.8, 4) is 67.7 Å². The zero-order valence-electron chi connectivity index (χ0n) is 31.3. The van der Waals surface area contributed by atoms with E-state index in [-0.39, 0.29) is 0 Å². The predicted molar refractivity (Wildman–Crippen MR) is 232 cm³/mol. The number of nitrogens with zero attached hydrogens (tertiary/aromatic N) is 4. The van der Waals surface area contributed by atoms with Crippen LogP contribution >= 0.6 is 0 Å². The van der Waals surface area contributed by atoms with Gasteiger partial charge in [-0.15, -0.1) is 10.2 Å². The summed E-state index contributed by atoms with van der Waals surface area (Å²) in [6.45, 7) is 0. The Balaban J connectivity index is 1.06. The minimum atomic E-state index is -0.618. The summed E-state index contributed by atoms with van der Waals surface area (Å²) < 4.78 is 6.31. The number of hydrogen-bond donors (Lipinski definition) is 0. The molecule has 0 bridgehead atoms. The second-order valence-electron chi connectivity index (χ2n) is 14.6. The number of rotatable bonds is 7. The van der Waals surface area contributed by atoms with E-state index in [0.29, 0.717) is 11.8 Å². The van der Waals surface area contributed by atoms with Crippen molar-refractivity contribution in [3.05, 3.63) is 229 Å². The summed E-state index contributed by atoms with van der Waals surface area (Å²) in [6, 6.07) is 72.2. The van der Waals surface area contributed by atoms with Crippen LogP contribution in [0, 0.1) is 0 Å². The van der Waals surface area contributed by atoms with Crippen LogP contribution < -0.4 is 0 Å². The highest BCUT2D eigenvalue weighted by Gasteiger charge is 2.46. The first-order chi connectivity index (χ1) is 28.7. The van der Waals surface area contributed by atoms with Gasteiger partial charge in [0.25, 0.3) is 0 Å². The van der Waals surface area contributed by atoms with Crippen LogP contribution in [0.15, 0.2) is 211 Å². The summed E-state index contributed by atoms with van der Waals surface area (Å²) in [7, 11) is 0. The van der Waals surface area contributed by atoms with Gasteiger partial charge in [0, 0.05) is 22.3 Å². The lowest BCUT2D eigenvalue weighted by Gasteiger charge is -2.34. The van der Waals surface area contributed by atoms with E-state index >= 15 is 0 Å². The molecule has 0 spiro atoms. The Morgan fingerprint density at radius 1 is 0.328 bits per heavy atom. The van der Waals surface area contributed by atoms with E-state index in [1.807, 2.05) is 72.8 Å². The molecule has 1 aliphatic rings. The third-order valence-corrected chi connectivity index (χ3v) is 11.4. The molecule has 0 N–H and O–H groups in total. The Kier molecular flexibility index (Phi) is 7.97. The van der Waals surface area contributed by atoms with E-state index in [9.17, 15) is 0 Å². The van der Waals surface area contributed by atoms with Gasteiger partial charge in [0.15, 0.2) is 0 Å². The molecule has 1 aliphatic carbocycles. The van der Waals surface area contributed by atoms with Gasteiger partial charge in [0.05, 0.1) is 27.8 Å². The van der Waals surface area contributed by atoms with Crippen molar-refractivity contribution in [1.29, 1.82) is 0 Å². The van der Waals surface area contributed by atoms with E-state index < -0.39 is 5.41 Å². The molecule has 0 amide bonds. The maximum Gasteiger partial charge on any atom is 0.248 e. The van der Waals surface area contributed by atoms with Gasteiger partial charge >= 0.3 is 0 Å². The van der Waals surface area contributed by atoms with Crippen LogP contribution in [0.25, 0.3) is 78.7 Å². The van der Waals surface area contributed by atoms with Gasteiger partial charge in [-0.05, 0) is 87.0 Å². The van der Waals surface area contributed by atoms with Crippen molar-refractivity contribution < 1.29 is 4.42 Å². The van der Waals surface area contributed by atoms with Crippen molar-refractivity contribution in [1.82, 2.24) is 20.2 Å². The third-order valence-electron chi connectivity index (χ3n) is 11.4. The molecule has 272 valence electrons. The number of hydrogen-bond acceptors (Lipinski definition) is 5. The number of para-hydroxylation sites is 2. The van der Waals surface area contributed by atoms with Crippen molar-refractivity contribution in [2.75, 3.05) is 0 Å². The number of fused-ring (bicyclic) bond motifs is 4. The highest BCUT2D eigenvalue weighted by atomic mass is 16.4. The third kappa shape index (κ3) is 5.47. The molecule has 2 heterocycles. The zero-order valence-corrected chi connectivity index (χ0v) is 31.3. The molecule has 10 aromatic rings. The zero-order chi connectivity index (χ0) is 38.5. The van der Waals surface area contributed by atoms with Gasteiger partial charge in [-0.1, -0.05) is 164 Å². The van der Waals surface area contributed by atoms with Gasteiger partial charge < -0.3 is 4.42 Å². The van der Waals surface area contributed by atoms with Gasteiger partial charge in [0.1, 0.15) is 0 Å². The van der Waals surface area contributed by atoms with Gasteiger partial charge in [-0.25, -0.2) is 9.97 Å². The SMILES string of the molecule is c1ccc(-c2nnc(-c3ccc4c(c3)C(c3ccccc3)(c3ccccc3)c3cc(-c5ccc(-c6nc7ccccc7nc6-c6ccccc6)cc5)ccc3-4)o2)cc1. The first-order valence-electron chi connectivity index (χ1n) is 19.5. The van der Waals surface area contributed by atoms with Crippen LogP contribution in [0.3, 0.4) is 0 Å². The quantitative estimate of drug-likeness (QED) is 0.163. The molecule has 0 saturated heterocycles. The fraction of sp³-hybridized carbons (Fsp3) is 0.0189. The molecule has 0 radical (unpaired) electrons. The summed E-state index contributed by atoms with van der Waals surface area (Å²) in [5.41, 5.74) is 16.1. The minimum Gasteiger partial charge on any atom is -0.416 e. The Morgan fingerprint density at radius 3 is 1.28 bits per heavy atom. The molecule has 0 unspecified atom stereocenters. The van der Waals surface area contributed by atoms with E-state index in [1.165, 1.54) is 33.4 Å². The van der Waals surface area contributed by atoms with Crippen molar-refractivity contribution in [2.24, 2.45) is 0 Å². The highest BCUT2D eigenvalue weighted by Crippen LogP contribution is 2.57. The fourth-order valence-electron chi connectivity index (χ4n) is 8.66. The van der Waals surface area contributed by atoms with Crippen LogP contribution in [0.5, 0.6) is 0 Å². The molecule has 58 heavy (non-hydrogen) atoms. The first kappa shape index (κ1) is 33.6. The van der Waals surface area contributed by atoms with Gasteiger partial charge in [0.2, 0.25) is 11.8 Å². The largest absolute Gasteiger partial charge is 0.416 e. The smallest absolute Gasteiger partial charge is 0.248 e. The average Bonchev–Trinajstić information content (AvgIpc) is 3.92. The Bertz CT molecular complexity index is 3050. The molecule has 5 heteroatoms. The van der Waals surface area contributed by atoms with Crippen molar-refractivity contribution in [2.45, 2.75) is 5.41 Å². The maximum absolute atomic E-state index is 6.31. The summed E-state index contributed by atoms with van der Waals surface area (Å²) in [5.74, 6) is 0.983. The van der Waals surface area contributed by atoms with Crippen LogP contribution in [0.4, 0.5) is 0 Å². The average molecular weight is 743 g/mol. The first-order valence-corrected chi connectivity index (χ1v) is 19.5. The molecular formula is C53H34N4O. The second-order valence-corrected chi connectivity index (χ2v) is 14.6. The number of aromatic nitrogens is 4. The molecule has 0 saturated carbocycles. The highest BCUT2D eigenvalue weighted by molar-refractivity contribution is 5.91. The standard InChI is InChI=1S/C53H34N4O/c1-5-15-36(16-6-1)49-50(55-48-24-14-13-23-47(48)54-49)37-27-25-35(26-28-37)39-29-31-43-44-32-30-40(52-57-56-51(58-52)38-17-7-2-8-18-38)34-46(44)53(45(43)33-39,41-19-9-3-10-20-41)42-21-11-4-12-22-42/h1-34H. The topological polar surface area (TPSA) is 64.7 Å². The van der Waals surface area contributed by atoms with Gasteiger partial charge in [-0.2, -0.15) is 0 Å². The molecule has 5 nitrogen and oxygen atoms in total. The molecule has 11 rings (SSSR count). The Hall–Kier alpha value is -7.76. The molecular weight excluding hydrogens is 709 g/mol. The van der Waals surface area contributed by atoms with Gasteiger partial charge in [-0.3, -0.25) is 0 Å². The van der Waals surface area contributed by atoms with E-state index in [1.54, 1.807) is 0 Å². The minimum absolute atomic E-state index is 0.486. The second kappa shape index (κ2) is 13.8. The molecule has 2 aromatic heterocycles. The lowest BCUT2D eigenvalue weighted by molar-refractivity contribution is 0.584. The Morgan fingerprint density at radius 2 is 0.724 bits per heavy atom. The summed E-state index contributed by atoms with van der Waals surface area (Å²) in [4.78, 5) is 10.2. The fourth-order valence-corrected chi connectivity index (χ4v) is 8.66. The maximum atomic E-state index is 6.31. The van der Waals surface area contributed by atoms with Crippen molar-refractivity contribution in [3.63, 3.8) is 0 Å². The summed E-state index contributed by atoms with van der Waals surface area (Å²) >= 11 is 0. The van der Waals surface area contributed by atoms with E-state index in [2.05, 4.69) is 144 Å². The lowest BCUT2D eigenvalue weighted by Crippen LogP contribution is -2.28. The van der Waals surface area contributed by atoms with Crippen LogP contribution in [-0.2, 0) is 5.41 Å². The van der Waals surface area contributed by atoms with Crippen LogP contribution in [0.1, 0.15) is 22.3 Å². The Labute approximate surface area is 336 Å². The van der Waals surface area contributed by atoms with Crippen LogP contribution in [0.2, 0.25) is 0 Å². The monoisotopic (exact) mass is 742 g/mol. The molecule has 0 atom stereocenters. The summed E-state index contributed by atoms with van der Waals surface area (Å²) in [6.07, 6.45) is 0. The molecule has 0 fully saturated rings. The lowest BCUT2D eigenvalue weighted by atomic mass is 9.67. The molecule has 0 aliphatic heterocycles. The van der Waals surface area contributed by atoms with E-state index in [4.69, 9.17) is 14.4 Å². The van der Waals surface area contributed by atoms with Crippen LogP contribution in [-0.4, -0.2) is 20.2 Å². The van der Waals surface area contributed by atoms with E-state index in [0.717, 1.165) is 55.8 Å². The van der Waals surface area contributed by atoms with Crippen molar-refractivity contribution >= 4 is 11.0 Å². The summed E-state index contributed by atoms with van der Waals surface area (Å²) in [5, 5.41) is 8.95. The molecule has 8 aromatic carbocycles. The predicted octanol–water partition coefficient (Wildman–Crippen LogP) is 12.7. The normalized spacial score (nSPS) is 12.6.